The molecule has 10 heteroatoms. The second kappa shape index (κ2) is 6.73. The molecule has 2 aromatic heterocycles. The van der Waals surface area contributed by atoms with Gasteiger partial charge >= 0.3 is 6.18 Å². The van der Waals surface area contributed by atoms with Crippen molar-refractivity contribution in [2.24, 2.45) is 0 Å². The van der Waals surface area contributed by atoms with Crippen molar-refractivity contribution in [1.29, 1.82) is 0 Å². The Balaban J connectivity index is 2.07. The fraction of sp³-hybridized carbons (Fsp3) is 0.385. The van der Waals surface area contributed by atoms with Gasteiger partial charge in [-0.3, -0.25) is 9.89 Å². The number of ether oxygens (including phenoxy) is 1. The van der Waals surface area contributed by atoms with E-state index >= 15 is 0 Å². The number of rotatable bonds is 5. The van der Waals surface area contributed by atoms with Gasteiger partial charge in [0, 0.05) is 18.9 Å². The number of aromatic nitrogens is 4. The van der Waals surface area contributed by atoms with Crippen molar-refractivity contribution in [1.82, 2.24) is 20.2 Å². The molecular formula is C13H14F3N5O2. The summed E-state index contributed by atoms with van der Waals surface area (Å²) < 4.78 is 42.0. The van der Waals surface area contributed by atoms with Gasteiger partial charge in [0.1, 0.15) is 11.6 Å². The fourth-order valence-corrected chi connectivity index (χ4v) is 1.80. The number of hydrogen-bond donors (Lipinski definition) is 2. The minimum Gasteiger partial charge on any atom is -0.371 e. The minimum atomic E-state index is -4.61. The first-order valence-electron chi connectivity index (χ1n) is 6.54. The van der Waals surface area contributed by atoms with Crippen molar-refractivity contribution in [3.63, 3.8) is 0 Å². The third-order valence-corrected chi connectivity index (χ3v) is 2.90. The lowest BCUT2D eigenvalue weighted by Gasteiger charge is -2.17. The molecule has 0 bridgehead atoms. The smallest absolute Gasteiger partial charge is 0.371 e. The summed E-state index contributed by atoms with van der Waals surface area (Å²) in [5.74, 6) is 0.248. The zero-order valence-electron chi connectivity index (χ0n) is 12.3. The molecule has 0 aliphatic carbocycles. The van der Waals surface area contributed by atoms with E-state index in [0.717, 1.165) is 7.11 Å². The van der Waals surface area contributed by atoms with E-state index in [9.17, 15) is 18.0 Å². The van der Waals surface area contributed by atoms with Gasteiger partial charge < -0.3 is 10.1 Å². The predicted molar refractivity (Wildman–Crippen MR) is 74.4 cm³/mol. The third-order valence-electron chi connectivity index (χ3n) is 2.90. The number of aromatic amines is 1. The molecule has 1 atom stereocenters. The van der Waals surface area contributed by atoms with Gasteiger partial charge in [0.25, 0.3) is 0 Å². The highest BCUT2D eigenvalue weighted by Gasteiger charge is 2.41. The molecule has 0 fully saturated rings. The van der Waals surface area contributed by atoms with Crippen LogP contribution in [0.5, 0.6) is 0 Å². The molecule has 2 aromatic rings. The molecule has 23 heavy (non-hydrogen) atoms. The number of alkyl halides is 3. The zero-order chi connectivity index (χ0) is 17.0. The topological polar surface area (TPSA) is 92.8 Å². The number of amides is 1. The lowest BCUT2D eigenvalue weighted by Crippen LogP contribution is -2.34. The van der Waals surface area contributed by atoms with Gasteiger partial charge in [0.2, 0.25) is 5.91 Å². The third kappa shape index (κ3) is 4.49. The van der Waals surface area contributed by atoms with Gasteiger partial charge in [0.05, 0.1) is 6.42 Å². The lowest BCUT2D eigenvalue weighted by molar-refractivity contribution is -0.213. The van der Waals surface area contributed by atoms with Gasteiger partial charge in [-0.1, -0.05) is 0 Å². The summed E-state index contributed by atoms with van der Waals surface area (Å²) in [6, 6.07) is 3.09. The standard InChI is InChI=1S/C13H14F3N5O2/c1-7-18-12(21-20-7)8-3-4-17-10(5-8)19-11(22)6-9(23-2)13(14,15)16/h3-5,9H,6H2,1-2H3,(H,17,19,22)(H,18,20,21). The van der Waals surface area contributed by atoms with Crippen molar-refractivity contribution in [2.75, 3.05) is 12.4 Å². The van der Waals surface area contributed by atoms with Crippen LogP contribution in [0.2, 0.25) is 0 Å². The summed E-state index contributed by atoms with van der Waals surface area (Å²) in [5, 5.41) is 8.92. The Morgan fingerprint density at radius 2 is 2.22 bits per heavy atom. The Kier molecular flexibility index (Phi) is 4.94. The average molecular weight is 329 g/mol. The maximum absolute atomic E-state index is 12.6. The highest BCUT2D eigenvalue weighted by atomic mass is 19.4. The quantitative estimate of drug-likeness (QED) is 0.876. The van der Waals surface area contributed by atoms with Crippen molar-refractivity contribution >= 4 is 11.7 Å². The molecule has 2 heterocycles. The molecule has 0 aliphatic heterocycles. The highest BCUT2D eigenvalue weighted by molar-refractivity contribution is 5.90. The highest BCUT2D eigenvalue weighted by Crippen LogP contribution is 2.25. The Morgan fingerprint density at radius 1 is 1.48 bits per heavy atom. The van der Waals surface area contributed by atoms with Gasteiger partial charge in [-0.15, -0.1) is 0 Å². The van der Waals surface area contributed by atoms with Gasteiger partial charge in [-0.2, -0.15) is 18.3 Å². The van der Waals surface area contributed by atoms with Crippen molar-refractivity contribution in [2.45, 2.75) is 25.6 Å². The summed E-state index contributed by atoms with van der Waals surface area (Å²) in [6.07, 6.45) is -6.24. The van der Waals surface area contributed by atoms with E-state index < -0.39 is 24.6 Å². The molecule has 0 saturated carbocycles. The van der Waals surface area contributed by atoms with Crippen LogP contribution >= 0.6 is 0 Å². The van der Waals surface area contributed by atoms with Crippen LogP contribution in [0.1, 0.15) is 12.2 Å². The maximum atomic E-state index is 12.6. The number of nitrogens with zero attached hydrogens (tertiary/aromatic N) is 3. The number of nitrogens with one attached hydrogen (secondary N) is 2. The lowest BCUT2D eigenvalue weighted by atomic mass is 10.2. The summed E-state index contributed by atoms with van der Waals surface area (Å²) in [4.78, 5) is 19.7. The molecule has 7 nitrogen and oxygen atoms in total. The Hall–Kier alpha value is -2.49. The summed E-state index contributed by atoms with van der Waals surface area (Å²) in [5.41, 5.74) is 0.568. The molecular weight excluding hydrogens is 315 g/mol. The molecule has 0 aliphatic rings. The first-order valence-corrected chi connectivity index (χ1v) is 6.54. The number of H-pyrrole nitrogens is 1. The fourth-order valence-electron chi connectivity index (χ4n) is 1.80. The van der Waals surface area contributed by atoms with Crippen molar-refractivity contribution in [3.8, 4) is 11.4 Å². The van der Waals surface area contributed by atoms with Crippen LogP contribution in [-0.4, -0.2) is 45.5 Å². The Labute approximate surface area is 129 Å². The van der Waals surface area contributed by atoms with E-state index in [1.54, 1.807) is 13.0 Å². The van der Waals surface area contributed by atoms with E-state index in [4.69, 9.17) is 0 Å². The van der Waals surface area contributed by atoms with Gasteiger partial charge in [0.15, 0.2) is 11.9 Å². The maximum Gasteiger partial charge on any atom is 0.415 e. The molecule has 0 saturated heterocycles. The second-order valence-corrected chi connectivity index (χ2v) is 4.69. The van der Waals surface area contributed by atoms with E-state index in [-0.39, 0.29) is 5.82 Å². The molecule has 1 amide bonds. The van der Waals surface area contributed by atoms with E-state index in [0.29, 0.717) is 17.2 Å². The summed E-state index contributed by atoms with van der Waals surface area (Å²) in [6.45, 7) is 1.72. The predicted octanol–water partition coefficient (Wildman–Crippen LogP) is 2.08. The number of methoxy groups -OCH3 is 1. The van der Waals surface area contributed by atoms with Crippen molar-refractivity contribution < 1.29 is 22.7 Å². The molecule has 0 aromatic carbocycles. The van der Waals surface area contributed by atoms with E-state index in [2.05, 4.69) is 30.2 Å². The number of carbonyl (C=O) groups is 1. The SMILES string of the molecule is COC(CC(=O)Nc1cc(-c2n[nH]c(C)n2)ccn1)C(F)(F)F. The molecule has 124 valence electrons. The van der Waals surface area contributed by atoms with Crippen LogP contribution < -0.4 is 5.32 Å². The van der Waals surface area contributed by atoms with Gasteiger partial charge in [-0.25, -0.2) is 9.97 Å². The summed E-state index contributed by atoms with van der Waals surface area (Å²) in [7, 11) is 0.899. The van der Waals surface area contributed by atoms with Gasteiger partial charge in [-0.05, 0) is 19.1 Å². The van der Waals surface area contributed by atoms with Crippen LogP contribution in [0.3, 0.4) is 0 Å². The monoisotopic (exact) mass is 329 g/mol. The first kappa shape index (κ1) is 16.9. The van der Waals surface area contributed by atoms with Crippen LogP contribution in [0.25, 0.3) is 11.4 Å². The normalized spacial score (nSPS) is 12.9. The molecule has 0 spiro atoms. The van der Waals surface area contributed by atoms with Crippen LogP contribution in [-0.2, 0) is 9.53 Å². The largest absolute Gasteiger partial charge is 0.415 e. The van der Waals surface area contributed by atoms with Crippen LogP contribution in [0, 0.1) is 6.92 Å². The van der Waals surface area contributed by atoms with E-state index in [1.807, 2.05) is 0 Å². The molecule has 1 unspecified atom stereocenters. The van der Waals surface area contributed by atoms with Crippen LogP contribution in [0.15, 0.2) is 18.3 Å². The molecule has 2 N–H and O–H groups in total. The Morgan fingerprint density at radius 3 is 2.78 bits per heavy atom. The zero-order valence-corrected chi connectivity index (χ0v) is 12.3. The summed E-state index contributed by atoms with van der Waals surface area (Å²) >= 11 is 0. The number of hydrogen-bond acceptors (Lipinski definition) is 5. The number of pyridine rings is 1. The number of carbonyl (C=O) groups excluding carboxylic acids is 1. The van der Waals surface area contributed by atoms with E-state index in [1.165, 1.54) is 12.3 Å². The number of aryl methyl sites for hydroxylation is 1. The minimum absolute atomic E-state index is 0.104. The molecule has 2 rings (SSSR count). The second-order valence-electron chi connectivity index (χ2n) is 4.69. The number of halogens is 3. The van der Waals surface area contributed by atoms with Crippen molar-refractivity contribution in [3.05, 3.63) is 24.2 Å². The number of anilines is 1. The Bertz CT molecular complexity index is 686. The first-order chi connectivity index (χ1) is 10.8. The molecule has 0 radical (unpaired) electrons. The van der Waals surface area contributed by atoms with Crippen LogP contribution in [0.4, 0.5) is 19.0 Å². The average Bonchev–Trinajstić information content (AvgIpc) is 2.90.